The van der Waals surface area contributed by atoms with Gasteiger partial charge in [-0.05, 0) is 57.1 Å². The molecule has 0 spiro atoms. The first-order valence-electron chi connectivity index (χ1n) is 17.4. The Morgan fingerprint density at radius 1 is 0.898 bits per heavy atom. The maximum atomic E-state index is 6.96. The Bertz CT molecular complexity index is 1740. The highest BCUT2D eigenvalue weighted by molar-refractivity contribution is 5.47. The zero-order valence-corrected chi connectivity index (χ0v) is 29.3. The third kappa shape index (κ3) is 8.87. The molecule has 0 N–H and O–H groups in total. The van der Waals surface area contributed by atoms with Crippen LogP contribution in [0.25, 0.3) is 0 Å². The van der Waals surface area contributed by atoms with Crippen molar-refractivity contribution in [3.05, 3.63) is 119 Å². The number of likely N-dealkylation sites (N-methyl/N-ethyl adjacent to an activating group) is 1. The summed E-state index contributed by atoms with van der Waals surface area (Å²) in [7, 11) is 5.81. The van der Waals surface area contributed by atoms with Gasteiger partial charge in [0, 0.05) is 38.2 Å². The van der Waals surface area contributed by atoms with Crippen LogP contribution in [0, 0.1) is 0 Å². The molecule has 0 aliphatic carbocycles. The van der Waals surface area contributed by atoms with Gasteiger partial charge < -0.3 is 23.7 Å². The van der Waals surface area contributed by atoms with Crippen LogP contribution in [0.15, 0.2) is 89.5 Å². The summed E-state index contributed by atoms with van der Waals surface area (Å²) in [6.45, 7) is 7.15. The van der Waals surface area contributed by atoms with E-state index in [0.717, 1.165) is 79.1 Å². The van der Waals surface area contributed by atoms with Crippen LogP contribution < -0.4 is 14.4 Å². The van der Waals surface area contributed by atoms with Gasteiger partial charge in [0.05, 0.1) is 25.9 Å². The number of hydrogen-bond acceptors (Lipinski definition) is 9. The molecular formula is C39H49N7O3. The standard InChI is InChI=1S/C39H49N7O3/c1-5-35-38-40-34(25-30-15-8-6-9-16-30)39(49-38)45(26-31-17-10-7-11-18-31)28-33-29-46(42-41-33)22-13-12-21-44(35)27-32-19-14-20-36(47-4)37(32)48-24-23-43(2)3/h6-11,14-20,29,35H,5,12-13,21-28H2,1-4H3. The van der Waals surface area contributed by atoms with Gasteiger partial charge >= 0.3 is 0 Å². The van der Waals surface area contributed by atoms with Gasteiger partial charge in [-0.2, -0.15) is 0 Å². The summed E-state index contributed by atoms with van der Waals surface area (Å²) in [5.74, 6) is 3.05. The van der Waals surface area contributed by atoms with Crippen LogP contribution in [0.2, 0.25) is 0 Å². The number of para-hydroxylation sites is 1. The average molecular weight is 664 g/mol. The monoisotopic (exact) mass is 663 g/mol. The maximum Gasteiger partial charge on any atom is 0.220 e. The van der Waals surface area contributed by atoms with E-state index in [9.17, 15) is 0 Å². The first-order valence-corrected chi connectivity index (χ1v) is 17.4. The molecule has 0 radical (unpaired) electrons. The Morgan fingerprint density at radius 2 is 1.65 bits per heavy atom. The third-order valence-electron chi connectivity index (χ3n) is 8.98. The van der Waals surface area contributed by atoms with E-state index in [4.69, 9.17) is 18.9 Å². The first-order chi connectivity index (χ1) is 24.0. The summed E-state index contributed by atoms with van der Waals surface area (Å²) in [5, 5.41) is 9.07. The number of aryl methyl sites for hydroxylation is 1. The number of anilines is 1. The summed E-state index contributed by atoms with van der Waals surface area (Å²) < 4.78 is 21.1. The molecule has 10 nitrogen and oxygen atoms in total. The van der Waals surface area contributed by atoms with Crippen molar-refractivity contribution in [3.8, 4) is 11.5 Å². The number of aromatic nitrogens is 4. The normalized spacial score (nSPS) is 15.7. The SMILES string of the molecule is CCC1c2nc(Cc3ccccc3)c(o2)N(Cc2ccccc2)Cc2cn(nn2)CCCCN1Cc1cccc(OC)c1OCCN(C)C. The lowest BCUT2D eigenvalue weighted by atomic mass is 10.1. The molecule has 0 saturated carbocycles. The number of rotatable bonds is 12. The zero-order valence-electron chi connectivity index (χ0n) is 29.3. The molecule has 258 valence electrons. The van der Waals surface area contributed by atoms with Crippen LogP contribution in [-0.2, 0) is 32.6 Å². The van der Waals surface area contributed by atoms with E-state index in [1.807, 2.05) is 28.9 Å². The topological polar surface area (TPSA) is 84.9 Å². The van der Waals surface area contributed by atoms with Gasteiger partial charge in [0.2, 0.25) is 11.8 Å². The van der Waals surface area contributed by atoms with Gasteiger partial charge in [-0.15, -0.1) is 5.10 Å². The van der Waals surface area contributed by atoms with Crippen LogP contribution in [0.4, 0.5) is 5.88 Å². The number of oxazole rings is 1. The van der Waals surface area contributed by atoms with Crippen molar-refractivity contribution in [2.75, 3.05) is 45.8 Å². The van der Waals surface area contributed by atoms with E-state index in [1.165, 1.54) is 11.1 Å². The summed E-state index contributed by atoms with van der Waals surface area (Å²) in [5.41, 5.74) is 5.29. The molecule has 5 aromatic rings. The molecule has 49 heavy (non-hydrogen) atoms. The summed E-state index contributed by atoms with van der Waals surface area (Å²) in [4.78, 5) is 12.2. The molecule has 10 heteroatoms. The van der Waals surface area contributed by atoms with Gasteiger partial charge in [-0.1, -0.05) is 84.9 Å². The molecule has 0 fully saturated rings. The molecule has 1 unspecified atom stereocenters. The van der Waals surface area contributed by atoms with Gasteiger partial charge in [-0.25, -0.2) is 4.98 Å². The molecular weight excluding hydrogens is 614 g/mol. The minimum Gasteiger partial charge on any atom is -0.493 e. The highest BCUT2D eigenvalue weighted by atomic mass is 16.5. The number of hydrogen-bond donors (Lipinski definition) is 0. The van der Waals surface area contributed by atoms with E-state index in [-0.39, 0.29) is 6.04 Å². The zero-order chi connectivity index (χ0) is 34.0. The molecule has 3 heterocycles. The molecule has 1 aliphatic heterocycles. The van der Waals surface area contributed by atoms with Gasteiger partial charge in [-0.3, -0.25) is 9.58 Å². The van der Waals surface area contributed by atoms with E-state index < -0.39 is 0 Å². The van der Waals surface area contributed by atoms with Crippen molar-refractivity contribution >= 4 is 5.88 Å². The van der Waals surface area contributed by atoms with Crippen LogP contribution in [0.3, 0.4) is 0 Å². The Morgan fingerprint density at radius 3 is 2.39 bits per heavy atom. The molecule has 4 bridgehead atoms. The Hall–Kier alpha value is -4.67. The smallest absolute Gasteiger partial charge is 0.220 e. The predicted molar refractivity (Wildman–Crippen MR) is 192 cm³/mol. The fraction of sp³-hybridized carbons (Fsp3) is 0.410. The summed E-state index contributed by atoms with van der Waals surface area (Å²) >= 11 is 0. The van der Waals surface area contributed by atoms with Gasteiger partial charge in [0.15, 0.2) is 11.5 Å². The molecule has 3 aromatic carbocycles. The van der Waals surface area contributed by atoms with Crippen LogP contribution in [0.1, 0.15) is 66.2 Å². The highest BCUT2D eigenvalue weighted by Crippen LogP contribution is 2.37. The first kappa shape index (κ1) is 34.2. The van der Waals surface area contributed by atoms with Crippen molar-refractivity contribution in [2.45, 2.75) is 64.8 Å². The highest BCUT2D eigenvalue weighted by Gasteiger charge is 2.30. The molecule has 1 atom stereocenters. The lowest BCUT2D eigenvalue weighted by Gasteiger charge is -2.30. The number of benzene rings is 3. The van der Waals surface area contributed by atoms with E-state index in [1.54, 1.807) is 7.11 Å². The van der Waals surface area contributed by atoms with E-state index in [2.05, 4.69) is 107 Å². The van der Waals surface area contributed by atoms with Crippen LogP contribution in [-0.4, -0.2) is 70.7 Å². The fourth-order valence-electron chi connectivity index (χ4n) is 6.46. The lowest BCUT2D eigenvalue weighted by molar-refractivity contribution is 0.149. The molecule has 0 amide bonds. The van der Waals surface area contributed by atoms with E-state index in [0.29, 0.717) is 32.7 Å². The third-order valence-corrected chi connectivity index (χ3v) is 8.98. The maximum absolute atomic E-state index is 6.96. The number of methoxy groups -OCH3 is 1. The summed E-state index contributed by atoms with van der Waals surface area (Å²) in [6.07, 6.45) is 5.53. The molecule has 6 rings (SSSR count). The van der Waals surface area contributed by atoms with Crippen molar-refractivity contribution in [1.82, 2.24) is 29.8 Å². The Labute approximate surface area is 290 Å². The van der Waals surface area contributed by atoms with Crippen molar-refractivity contribution < 1.29 is 13.9 Å². The molecule has 0 saturated heterocycles. The predicted octanol–water partition coefficient (Wildman–Crippen LogP) is 6.76. The average Bonchev–Trinajstić information content (AvgIpc) is 3.74. The molecule has 1 aliphatic rings. The second-order valence-corrected chi connectivity index (χ2v) is 13.0. The number of fused-ring (bicyclic) bond motifs is 4. The van der Waals surface area contributed by atoms with E-state index >= 15 is 0 Å². The summed E-state index contributed by atoms with van der Waals surface area (Å²) in [6, 6.07) is 27.1. The second kappa shape index (κ2) is 16.6. The minimum atomic E-state index is -0.0452. The van der Waals surface area contributed by atoms with Crippen molar-refractivity contribution in [3.63, 3.8) is 0 Å². The number of ether oxygens (including phenoxy) is 2. The van der Waals surface area contributed by atoms with Crippen molar-refractivity contribution in [1.29, 1.82) is 0 Å². The second-order valence-electron chi connectivity index (χ2n) is 13.0. The minimum absolute atomic E-state index is 0.0452. The van der Waals surface area contributed by atoms with Crippen LogP contribution >= 0.6 is 0 Å². The van der Waals surface area contributed by atoms with Crippen molar-refractivity contribution in [2.24, 2.45) is 0 Å². The Balaban J connectivity index is 1.41. The van der Waals surface area contributed by atoms with Gasteiger partial charge in [0.25, 0.3) is 0 Å². The quantitative estimate of drug-likeness (QED) is 0.144. The largest absolute Gasteiger partial charge is 0.493 e. The van der Waals surface area contributed by atoms with Gasteiger partial charge in [0.1, 0.15) is 18.0 Å². The molecule has 2 aromatic heterocycles. The van der Waals surface area contributed by atoms with Crippen LogP contribution in [0.5, 0.6) is 11.5 Å². The Kier molecular flexibility index (Phi) is 11.6. The lowest BCUT2D eigenvalue weighted by Crippen LogP contribution is -2.30. The fourth-order valence-corrected chi connectivity index (χ4v) is 6.46. The number of nitrogens with zero attached hydrogens (tertiary/aromatic N) is 7.